The van der Waals surface area contributed by atoms with Crippen LogP contribution in [0.2, 0.25) is 0 Å². The van der Waals surface area contributed by atoms with E-state index in [0.717, 1.165) is 24.1 Å². The second kappa shape index (κ2) is 5.95. The van der Waals surface area contributed by atoms with E-state index in [-0.39, 0.29) is 12.1 Å². The minimum Gasteiger partial charge on any atom is -0.338 e. The summed E-state index contributed by atoms with van der Waals surface area (Å²) >= 11 is 0. The summed E-state index contributed by atoms with van der Waals surface area (Å²) in [6, 6.07) is 13.9. The molecule has 2 heterocycles. The van der Waals surface area contributed by atoms with Crippen LogP contribution >= 0.6 is 0 Å². The van der Waals surface area contributed by atoms with Crippen molar-refractivity contribution in [3.8, 4) is 0 Å². The predicted molar refractivity (Wildman–Crippen MR) is 82.0 cm³/mol. The third-order valence-corrected chi connectivity index (χ3v) is 3.91. The lowest BCUT2D eigenvalue weighted by atomic mass is 9.96. The molecule has 1 aromatic carbocycles. The van der Waals surface area contributed by atoms with Crippen LogP contribution < -0.4 is 5.32 Å². The molecule has 0 radical (unpaired) electrons. The summed E-state index contributed by atoms with van der Waals surface area (Å²) in [6.07, 6.45) is 3.67. The van der Waals surface area contributed by atoms with Crippen molar-refractivity contribution < 1.29 is 4.79 Å². The summed E-state index contributed by atoms with van der Waals surface area (Å²) < 4.78 is 0. The zero-order valence-corrected chi connectivity index (χ0v) is 12.1. The average Bonchev–Trinajstić information content (AvgIpc) is 2.58. The molecule has 4 nitrogen and oxygen atoms in total. The molecule has 4 heteroatoms. The largest absolute Gasteiger partial charge is 0.338 e. The number of nitrogens with zero attached hydrogens (tertiary/aromatic N) is 2. The number of carbonyl (C=O) groups is 1. The Labute approximate surface area is 124 Å². The second-order valence-electron chi connectivity index (χ2n) is 5.31. The van der Waals surface area contributed by atoms with E-state index in [1.165, 1.54) is 5.56 Å². The molecule has 0 bridgehead atoms. The number of nitrogens with one attached hydrogen (secondary N) is 1. The Morgan fingerprint density at radius 3 is 2.81 bits per heavy atom. The highest BCUT2D eigenvalue weighted by atomic mass is 16.2. The molecule has 0 spiro atoms. The van der Waals surface area contributed by atoms with Crippen molar-refractivity contribution in [3.63, 3.8) is 0 Å². The number of hydrogen-bond donors (Lipinski definition) is 1. The molecule has 1 aliphatic rings. The maximum Gasteiger partial charge on any atom is 0.317 e. The summed E-state index contributed by atoms with van der Waals surface area (Å²) in [5.41, 5.74) is 3.27. The number of amides is 2. The third kappa shape index (κ3) is 2.75. The van der Waals surface area contributed by atoms with Crippen LogP contribution in [0.1, 0.15) is 29.3 Å². The van der Waals surface area contributed by atoms with Crippen molar-refractivity contribution >= 4 is 6.03 Å². The molecule has 0 saturated carbocycles. The normalized spacial score (nSPS) is 19.0. The monoisotopic (exact) mass is 281 g/mol. The van der Waals surface area contributed by atoms with E-state index in [1.807, 2.05) is 43.4 Å². The number of carbonyl (C=O) groups excluding carboxylic acids is 1. The molecular weight excluding hydrogens is 262 g/mol. The number of aromatic nitrogens is 1. The van der Waals surface area contributed by atoms with Crippen LogP contribution in [0.25, 0.3) is 0 Å². The Morgan fingerprint density at radius 2 is 2.00 bits per heavy atom. The minimum atomic E-state index is -0.152. The van der Waals surface area contributed by atoms with Gasteiger partial charge in [-0.25, -0.2) is 4.79 Å². The predicted octanol–water partition coefficient (Wildman–Crippen LogP) is 2.76. The number of benzene rings is 1. The Kier molecular flexibility index (Phi) is 3.86. The fourth-order valence-corrected chi connectivity index (χ4v) is 2.82. The van der Waals surface area contributed by atoms with E-state index in [1.54, 1.807) is 11.1 Å². The quantitative estimate of drug-likeness (QED) is 0.873. The van der Waals surface area contributed by atoms with E-state index in [2.05, 4.69) is 16.4 Å². The molecule has 21 heavy (non-hydrogen) atoms. The molecule has 1 aliphatic heterocycles. The standard InChI is InChI=1S/C17H19N3O/c1-20-16(14-7-3-2-4-8-14)15-13(9-5-11-18-15)10-6-12-19-17(20)21/h2-5,7-9,11,16H,6,10,12H2,1H3,(H,19,21). The summed E-state index contributed by atoms with van der Waals surface area (Å²) in [6.45, 7) is 0.693. The fraction of sp³-hybridized carbons (Fsp3) is 0.294. The molecule has 0 saturated heterocycles. The number of pyridine rings is 1. The van der Waals surface area contributed by atoms with Gasteiger partial charge >= 0.3 is 6.03 Å². The van der Waals surface area contributed by atoms with E-state index in [4.69, 9.17) is 0 Å². The van der Waals surface area contributed by atoms with Crippen LogP contribution in [0.5, 0.6) is 0 Å². The highest BCUT2D eigenvalue weighted by molar-refractivity contribution is 5.75. The lowest BCUT2D eigenvalue weighted by Gasteiger charge is -2.28. The first-order valence-corrected chi connectivity index (χ1v) is 7.27. The van der Waals surface area contributed by atoms with Gasteiger partial charge in [0.05, 0.1) is 5.69 Å². The maximum atomic E-state index is 12.3. The SMILES string of the molecule is CN1C(=O)NCCCc2cccnc2C1c1ccccc1. The van der Waals surface area contributed by atoms with Crippen LogP contribution in [-0.2, 0) is 6.42 Å². The molecule has 108 valence electrons. The molecular formula is C17H19N3O. The molecule has 2 aromatic rings. The Morgan fingerprint density at radius 1 is 1.19 bits per heavy atom. The molecule has 1 unspecified atom stereocenters. The van der Waals surface area contributed by atoms with Gasteiger partial charge in [0, 0.05) is 19.8 Å². The Bertz CT molecular complexity index is 627. The number of aryl methyl sites for hydroxylation is 1. The van der Waals surface area contributed by atoms with Crippen LogP contribution in [0, 0.1) is 0 Å². The molecule has 1 atom stereocenters. The van der Waals surface area contributed by atoms with Crippen molar-refractivity contribution in [1.82, 2.24) is 15.2 Å². The van der Waals surface area contributed by atoms with Gasteiger partial charge in [-0.3, -0.25) is 4.98 Å². The highest BCUT2D eigenvalue weighted by Crippen LogP contribution is 2.29. The van der Waals surface area contributed by atoms with Gasteiger partial charge in [-0.1, -0.05) is 36.4 Å². The van der Waals surface area contributed by atoms with Crippen LogP contribution in [-0.4, -0.2) is 29.5 Å². The molecule has 1 aromatic heterocycles. The second-order valence-corrected chi connectivity index (χ2v) is 5.31. The van der Waals surface area contributed by atoms with E-state index < -0.39 is 0 Å². The summed E-state index contributed by atoms with van der Waals surface area (Å²) in [5.74, 6) is 0. The smallest absolute Gasteiger partial charge is 0.317 e. The van der Waals surface area contributed by atoms with Crippen molar-refractivity contribution in [2.45, 2.75) is 18.9 Å². The lowest BCUT2D eigenvalue weighted by Crippen LogP contribution is -2.40. The van der Waals surface area contributed by atoms with E-state index >= 15 is 0 Å². The van der Waals surface area contributed by atoms with Gasteiger partial charge in [-0.05, 0) is 30.0 Å². The van der Waals surface area contributed by atoms with Gasteiger partial charge in [-0.2, -0.15) is 0 Å². The van der Waals surface area contributed by atoms with Gasteiger partial charge in [0.1, 0.15) is 6.04 Å². The minimum absolute atomic E-state index is 0.0534. The van der Waals surface area contributed by atoms with Gasteiger partial charge in [-0.15, -0.1) is 0 Å². The van der Waals surface area contributed by atoms with Crippen molar-refractivity contribution in [2.24, 2.45) is 0 Å². The van der Waals surface area contributed by atoms with Gasteiger partial charge in [0.25, 0.3) is 0 Å². The number of hydrogen-bond acceptors (Lipinski definition) is 2. The van der Waals surface area contributed by atoms with Crippen LogP contribution in [0.3, 0.4) is 0 Å². The highest BCUT2D eigenvalue weighted by Gasteiger charge is 2.27. The summed E-state index contributed by atoms with van der Waals surface area (Å²) in [7, 11) is 1.83. The van der Waals surface area contributed by atoms with Crippen molar-refractivity contribution in [2.75, 3.05) is 13.6 Å². The summed E-state index contributed by atoms with van der Waals surface area (Å²) in [4.78, 5) is 18.6. The fourth-order valence-electron chi connectivity index (χ4n) is 2.82. The molecule has 0 fully saturated rings. The number of fused-ring (bicyclic) bond motifs is 1. The number of urea groups is 1. The molecule has 2 amide bonds. The summed E-state index contributed by atoms with van der Waals surface area (Å²) in [5, 5.41) is 2.97. The molecule has 1 N–H and O–H groups in total. The van der Waals surface area contributed by atoms with E-state index in [0.29, 0.717) is 6.54 Å². The number of rotatable bonds is 1. The lowest BCUT2D eigenvalue weighted by molar-refractivity contribution is 0.198. The maximum absolute atomic E-state index is 12.3. The van der Waals surface area contributed by atoms with Gasteiger partial charge < -0.3 is 10.2 Å². The van der Waals surface area contributed by atoms with Crippen molar-refractivity contribution in [3.05, 3.63) is 65.5 Å². The van der Waals surface area contributed by atoms with Crippen LogP contribution in [0.4, 0.5) is 4.79 Å². The first-order valence-electron chi connectivity index (χ1n) is 7.27. The third-order valence-electron chi connectivity index (χ3n) is 3.91. The zero-order chi connectivity index (χ0) is 14.7. The van der Waals surface area contributed by atoms with Gasteiger partial charge in [0.15, 0.2) is 0 Å². The zero-order valence-electron chi connectivity index (χ0n) is 12.1. The van der Waals surface area contributed by atoms with Gasteiger partial charge in [0.2, 0.25) is 0 Å². The molecule has 3 rings (SSSR count). The van der Waals surface area contributed by atoms with Crippen LogP contribution in [0.15, 0.2) is 48.7 Å². The first-order chi connectivity index (χ1) is 10.3. The Balaban J connectivity index is 2.13. The van der Waals surface area contributed by atoms with E-state index in [9.17, 15) is 4.79 Å². The molecule has 0 aliphatic carbocycles. The average molecular weight is 281 g/mol. The van der Waals surface area contributed by atoms with Crippen molar-refractivity contribution in [1.29, 1.82) is 0 Å². The topological polar surface area (TPSA) is 45.2 Å². The first kappa shape index (κ1) is 13.6. The Hall–Kier alpha value is -2.36.